The third kappa shape index (κ3) is 5.20. The van der Waals surface area contributed by atoms with Gasteiger partial charge >= 0.3 is 0 Å². The summed E-state index contributed by atoms with van der Waals surface area (Å²) in [6.07, 6.45) is 0. The van der Waals surface area contributed by atoms with E-state index in [0.29, 0.717) is 18.7 Å². The van der Waals surface area contributed by atoms with E-state index in [1.807, 2.05) is 43.0 Å². The lowest BCUT2D eigenvalue weighted by Crippen LogP contribution is -2.56. The maximum Gasteiger partial charge on any atom is 0.251 e. The smallest absolute Gasteiger partial charge is 0.251 e. The summed E-state index contributed by atoms with van der Waals surface area (Å²) in [6, 6.07) is 18.9. The number of hydrogen-bond acceptors (Lipinski definition) is 3. The van der Waals surface area contributed by atoms with Gasteiger partial charge in [-0.25, -0.2) is 0 Å². The molecule has 0 bridgehead atoms. The van der Waals surface area contributed by atoms with Crippen molar-refractivity contribution in [2.45, 2.75) is 26.4 Å². The number of rotatable bonds is 6. The Bertz CT molecular complexity index is 769. The fourth-order valence-corrected chi connectivity index (χ4v) is 3.49. The summed E-state index contributed by atoms with van der Waals surface area (Å²) in [4.78, 5) is 29.8. The topological polar surface area (TPSA) is 52.7 Å². The summed E-state index contributed by atoms with van der Waals surface area (Å²) in [7, 11) is 0. The second-order valence-corrected chi connectivity index (χ2v) is 7.65. The zero-order valence-corrected chi connectivity index (χ0v) is 16.7. The molecule has 0 saturated carbocycles. The first kappa shape index (κ1) is 20.1. The molecule has 5 nitrogen and oxygen atoms in total. The Kier molecular flexibility index (Phi) is 6.82. The second kappa shape index (κ2) is 9.51. The van der Waals surface area contributed by atoms with Crippen molar-refractivity contribution in [2.24, 2.45) is 5.92 Å². The van der Waals surface area contributed by atoms with Crippen LogP contribution in [0.15, 0.2) is 60.7 Å². The predicted octanol–water partition coefficient (Wildman–Crippen LogP) is 2.79. The Morgan fingerprint density at radius 2 is 1.46 bits per heavy atom. The zero-order valence-electron chi connectivity index (χ0n) is 16.7. The first-order valence-corrected chi connectivity index (χ1v) is 9.95. The van der Waals surface area contributed by atoms with E-state index in [4.69, 9.17) is 0 Å². The van der Waals surface area contributed by atoms with Crippen LogP contribution in [0.5, 0.6) is 0 Å². The molecule has 3 rings (SSSR count). The van der Waals surface area contributed by atoms with E-state index in [2.05, 4.69) is 34.5 Å². The predicted molar refractivity (Wildman–Crippen MR) is 111 cm³/mol. The van der Waals surface area contributed by atoms with Gasteiger partial charge in [0.25, 0.3) is 5.91 Å². The van der Waals surface area contributed by atoms with Crippen molar-refractivity contribution in [3.8, 4) is 0 Å². The molecular formula is C23H29N3O2. The Labute approximate surface area is 167 Å². The van der Waals surface area contributed by atoms with Crippen molar-refractivity contribution in [3.05, 3.63) is 71.8 Å². The van der Waals surface area contributed by atoms with E-state index in [-0.39, 0.29) is 17.7 Å². The lowest BCUT2D eigenvalue weighted by Gasteiger charge is -2.37. The van der Waals surface area contributed by atoms with Crippen LogP contribution in [0.25, 0.3) is 0 Å². The number of amides is 2. The Morgan fingerprint density at radius 3 is 2.04 bits per heavy atom. The van der Waals surface area contributed by atoms with E-state index in [9.17, 15) is 9.59 Å². The number of benzene rings is 2. The Morgan fingerprint density at radius 1 is 0.893 bits per heavy atom. The number of hydrogen-bond donors (Lipinski definition) is 1. The first-order valence-electron chi connectivity index (χ1n) is 9.95. The van der Waals surface area contributed by atoms with Crippen LogP contribution in [0.2, 0.25) is 0 Å². The highest BCUT2D eigenvalue weighted by Crippen LogP contribution is 2.13. The molecule has 0 spiro atoms. The zero-order chi connectivity index (χ0) is 19.9. The SMILES string of the molecule is CC(C)[C@H](NC(=O)c1ccccc1)C(=O)N1CCN(Cc2ccccc2)CC1. The lowest BCUT2D eigenvalue weighted by atomic mass is 10.0. The maximum absolute atomic E-state index is 13.1. The molecule has 148 valence electrons. The fraction of sp³-hybridized carbons (Fsp3) is 0.391. The summed E-state index contributed by atoms with van der Waals surface area (Å²) >= 11 is 0. The van der Waals surface area contributed by atoms with Gasteiger partial charge < -0.3 is 10.2 Å². The standard InChI is InChI=1S/C23H29N3O2/c1-18(2)21(24-22(27)20-11-7-4-8-12-20)23(28)26-15-13-25(14-16-26)17-19-9-5-3-6-10-19/h3-12,18,21H,13-17H2,1-2H3,(H,24,27)/t21-/m0/s1. The van der Waals surface area contributed by atoms with Crippen molar-refractivity contribution >= 4 is 11.8 Å². The number of carbonyl (C=O) groups is 2. The van der Waals surface area contributed by atoms with E-state index in [0.717, 1.165) is 19.6 Å². The summed E-state index contributed by atoms with van der Waals surface area (Å²) in [5.74, 6) is -0.156. The third-order valence-corrected chi connectivity index (χ3v) is 5.19. The van der Waals surface area contributed by atoms with Gasteiger partial charge in [0.1, 0.15) is 6.04 Å². The first-order chi connectivity index (χ1) is 13.5. The van der Waals surface area contributed by atoms with Crippen LogP contribution >= 0.6 is 0 Å². The molecule has 1 fully saturated rings. The summed E-state index contributed by atoms with van der Waals surface area (Å²) in [5.41, 5.74) is 1.87. The summed E-state index contributed by atoms with van der Waals surface area (Å²) < 4.78 is 0. The molecule has 0 aromatic heterocycles. The van der Waals surface area contributed by atoms with Crippen LogP contribution < -0.4 is 5.32 Å². The Balaban J connectivity index is 1.56. The van der Waals surface area contributed by atoms with E-state index in [1.165, 1.54) is 5.56 Å². The molecule has 1 N–H and O–H groups in total. The number of nitrogens with one attached hydrogen (secondary N) is 1. The maximum atomic E-state index is 13.1. The molecule has 2 aromatic carbocycles. The molecule has 1 atom stereocenters. The van der Waals surface area contributed by atoms with Crippen molar-refractivity contribution in [3.63, 3.8) is 0 Å². The van der Waals surface area contributed by atoms with Crippen LogP contribution in [0.4, 0.5) is 0 Å². The molecule has 0 radical (unpaired) electrons. The number of piperazine rings is 1. The van der Waals surface area contributed by atoms with Crippen LogP contribution in [-0.2, 0) is 11.3 Å². The minimum Gasteiger partial charge on any atom is -0.340 e. The monoisotopic (exact) mass is 379 g/mol. The lowest BCUT2D eigenvalue weighted by molar-refractivity contribution is -0.136. The highest BCUT2D eigenvalue weighted by atomic mass is 16.2. The normalized spacial score (nSPS) is 16.0. The van der Waals surface area contributed by atoms with Gasteiger partial charge in [-0.3, -0.25) is 14.5 Å². The molecule has 1 heterocycles. The molecule has 1 aliphatic rings. The molecular weight excluding hydrogens is 350 g/mol. The minimum atomic E-state index is -0.506. The van der Waals surface area contributed by atoms with Gasteiger partial charge in [-0.05, 0) is 23.6 Å². The summed E-state index contributed by atoms with van der Waals surface area (Å²) in [5, 5.41) is 2.94. The van der Waals surface area contributed by atoms with Crippen LogP contribution in [0, 0.1) is 5.92 Å². The molecule has 1 saturated heterocycles. The second-order valence-electron chi connectivity index (χ2n) is 7.65. The number of nitrogens with zero attached hydrogens (tertiary/aromatic N) is 2. The molecule has 1 aliphatic heterocycles. The fourth-order valence-electron chi connectivity index (χ4n) is 3.49. The molecule has 0 aliphatic carbocycles. The van der Waals surface area contributed by atoms with E-state index < -0.39 is 6.04 Å². The van der Waals surface area contributed by atoms with Crippen LogP contribution in [-0.4, -0.2) is 53.8 Å². The molecule has 5 heteroatoms. The third-order valence-electron chi connectivity index (χ3n) is 5.19. The van der Waals surface area contributed by atoms with E-state index >= 15 is 0 Å². The number of carbonyl (C=O) groups excluding carboxylic acids is 2. The highest BCUT2D eigenvalue weighted by Gasteiger charge is 2.30. The van der Waals surface area contributed by atoms with Crippen molar-refractivity contribution in [2.75, 3.05) is 26.2 Å². The van der Waals surface area contributed by atoms with Crippen LogP contribution in [0.1, 0.15) is 29.8 Å². The summed E-state index contributed by atoms with van der Waals surface area (Å²) in [6.45, 7) is 7.92. The molecule has 2 aromatic rings. The van der Waals surface area contributed by atoms with Gasteiger partial charge in [-0.2, -0.15) is 0 Å². The van der Waals surface area contributed by atoms with Gasteiger partial charge in [0.05, 0.1) is 0 Å². The van der Waals surface area contributed by atoms with Gasteiger partial charge in [-0.1, -0.05) is 62.4 Å². The van der Waals surface area contributed by atoms with Crippen molar-refractivity contribution < 1.29 is 9.59 Å². The highest BCUT2D eigenvalue weighted by molar-refractivity contribution is 5.97. The van der Waals surface area contributed by atoms with Crippen LogP contribution in [0.3, 0.4) is 0 Å². The van der Waals surface area contributed by atoms with Crippen molar-refractivity contribution in [1.29, 1.82) is 0 Å². The van der Waals surface area contributed by atoms with Crippen molar-refractivity contribution in [1.82, 2.24) is 15.1 Å². The molecule has 2 amide bonds. The van der Waals surface area contributed by atoms with Gasteiger partial charge in [-0.15, -0.1) is 0 Å². The average Bonchev–Trinajstić information content (AvgIpc) is 2.73. The molecule has 0 unspecified atom stereocenters. The Hall–Kier alpha value is -2.66. The van der Waals surface area contributed by atoms with Gasteiger partial charge in [0.2, 0.25) is 5.91 Å². The minimum absolute atomic E-state index is 0.0126. The average molecular weight is 380 g/mol. The molecule has 28 heavy (non-hydrogen) atoms. The van der Waals surface area contributed by atoms with E-state index in [1.54, 1.807) is 12.1 Å². The quantitative estimate of drug-likeness (QED) is 0.840. The largest absolute Gasteiger partial charge is 0.340 e. The van der Waals surface area contributed by atoms with Gasteiger partial charge in [0.15, 0.2) is 0 Å². The van der Waals surface area contributed by atoms with Gasteiger partial charge in [0, 0.05) is 38.3 Å².